The molecule has 12 heteroatoms. The number of carbonyl (C=O) groups is 3. The summed E-state index contributed by atoms with van der Waals surface area (Å²) >= 11 is 0. The predicted octanol–water partition coefficient (Wildman–Crippen LogP) is -2.79. The van der Waals surface area contributed by atoms with Gasteiger partial charge in [0.2, 0.25) is 0 Å². The van der Waals surface area contributed by atoms with E-state index >= 15 is 0 Å². The highest BCUT2D eigenvalue weighted by atomic mass is 17.2. The smallest absolute Gasteiger partial charge is 0.870 e. The molecule has 12 nitrogen and oxygen atoms in total. The van der Waals surface area contributed by atoms with Crippen LogP contribution < -0.4 is 5.90 Å². The molecule has 0 heterocycles. The number of hydrogen-bond donors (Lipinski definition) is 6. The summed E-state index contributed by atoms with van der Waals surface area (Å²) in [5.74, 6) is -1.12. The fraction of sp³-hybridized carbons (Fsp3) is 0.500. The van der Waals surface area contributed by atoms with Gasteiger partial charge in [-0.3, -0.25) is 9.59 Å². The molecule has 10 N–H and O–H groups in total. The first kappa shape index (κ1) is 25.1. The molecule has 0 aliphatic heterocycles. The maximum Gasteiger partial charge on any atom is 1.00 e. The van der Waals surface area contributed by atoms with Crippen molar-refractivity contribution in [2.45, 2.75) is 18.4 Å². The zero-order valence-electron chi connectivity index (χ0n) is 9.81. The number of carboxylic acid groups (broad SMARTS) is 3. The van der Waals surface area contributed by atoms with Crippen LogP contribution in [0.4, 0.5) is 0 Å². The average molecular weight is 277 g/mol. The van der Waals surface area contributed by atoms with Crippen molar-refractivity contribution in [2.24, 2.45) is 5.90 Å². The minimum Gasteiger partial charge on any atom is -0.870 e. The molecule has 0 aliphatic rings. The zero-order chi connectivity index (χ0) is 13.4. The van der Waals surface area contributed by atoms with Crippen molar-refractivity contribution >= 4 is 17.9 Å². The van der Waals surface area contributed by atoms with Gasteiger partial charge in [-0.25, -0.2) is 10.1 Å². The van der Waals surface area contributed by atoms with Crippen molar-refractivity contribution in [2.75, 3.05) is 0 Å². The molecule has 110 valence electrons. The highest BCUT2D eigenvalue weighted by Gasteiger charge is 2.40. The van der Waals surface area contributed by atoms with Crippen LogP contribution in [-0.4, -0.2) is 60.1 Å². The fourth-order valence-corrected chi connectivity index (χ4v) is 0.714. The lowest BCUT2D eigenvalue weighted by atomic mass is 9.96. The van der Waals surface area contributed by atoms with Gasteiger partial charge in [0.1, 0.15) is 0 Å². The van der Waals surface area contributed by atoms with Crippen molar-refractivity contribution < 1.29 is 57.4 Å². The Hall–Kier alpha value is -1.83. The zero-order valence-corrected chi connectivity index (χ0v) is 8.81. The van der Waals surface area contributed by atoms with E-state index in [1.54, 1.807) is 0 Å². The van der Waals surface area contributed by atoms with Crippen LogP contribution >= 0.6 is 0 Å². The first-order chi connectivity index (χ1) is 7.19. The molecule has 0 aromatic heterocycles. The minimum absolute atomic E-state index is 0. The highest BCUT2D eigenvalue weighted by molar-refractivity contribution is 5.88. The maximum atomic E-state index is 10.3. The second-order valence-electron chi connectivity index (χ2n) is 2.58. The molecule has 0 saturated heterocycles. The second-order valence-corrected chi connectivity index (χ2v) is 2.58. The molecular weight excluding hydrogens is 262 g/mol. The number of nitrogens with two attached hydrogens (primary N) is 1. The van der Waals surface area contributed by atoms with Crippen LogP contribution in [0, 0.1) is 0 Å². The quantitative estimate of drug-likeness (QED) is 0.221. The van der Waals surface area contributed by atoms with E-state index in [0.717, 1.165) is 0 Å². The van der Waals surface area contributed by atoms with E-state index in [-0.39, 0.29) is 12.4 Å². The Kier molecular flexibility index (Phi) is 16.3. The molecule has 0 aromatic carbocycles. The molecule has 0 spiro atoms. The number of aliphatic hydroxyl groups is 1. The first-order valence-corrected chi connectivity index (χ1v) is 3.59. The standard InChI is InChI=1S/C6H8O7.H3NO2.2H2O/c7-3(8)1-6(13,5(11)12)2-4(9)10;1-3-2;;/h13H,1-2H2,(H,7,8)(H,9,10)(H,11,12);2H,1H2;2*1H2. The van der Waals surface area contributed by atoms with Crippen LogP contribution in [0.2, 0.25) is 0 Å². The summed E-state index contributed by atoms with van der Waals surface area (Å²) in [4.78, 5) is 33.2. The Balaban J connectivity index is -0.0000000992. The third-order valence-corrected chi connectivity index (χ3v) is 1.29. The van der Waals surface area contributed by atoms with Crippen LogP contribution in [0.15, 0.2) is 0 Å². The molecule has 0 atom stereocenters. The van der Waals surface area contributed by atoms with E-state index in [1.807, 2.05) is 0 Å². The Labute approximate surface area is 101 Å². The Morgan fingerprint density at radius 2 is 1.33 bits per heavy atom. The van der Waals surface area contributed by atoms with E-state index in [0.29, 0.717) is 0 Å². The predicted molar refractivity (Wildman–Crippen MR) is 51.7 cm³/mol. The summed E-state index contributed by atoms with van der Waals surface area (Å²) in [5, 5.41) is 40.7. The number of carboxylic acids is 3. The molecule has 0 aliphatic carbocycles. The lowest BCUT2D eigenvalue weighted by Gasteiger charge is -2.18. The van der Waals surface area contributed by atoms with Crippen molar-refractivity contribution in [3.8, 4) is 0 Å². The van der Waals surface area contributed by atoms with E-state index in [1.165, 1.54) is 0 Å². The Morgan fingerprint density at radius 1 is 1.11 bits per heavy atom. The van der Waals surface area contributed by atoms with Gasteiger partial charge in [0, 0.05) is 0 Å². The molecule has 0 amide bonds. The average Bonchev–Trinajstić information content (AvgIpc) is 2.01. The number of rotatable bonds is 5. The van der Waals surface area contributed by atoms with Gasteiger partial charge in [-0.05, 0) is 0 Å². The summed E-state index contributed by atoms with van der Waals surface area (Å²) in [6.45, 7) is 0. The lowest BCUT2D eigenvalue weighted by Crippen LogP contribution is -2.42. The van der Waals surface area contributed by atoms with Crippen LogP contribution in [0.25, 0.3) is 0 Å². The second kappa shape index (κ2) is 11.6. The van der Waals surface area contributed by atoms with E-state index < -0.39 is 36.4 Å². The lowest BCUT2D eigenvalue weighted by molar-refractivity contribution is -0.247. The molecule has 0 saturated carbocycles. The molecule has 0 fully saturated rings. The molecule has 0 bridgehead atoms. The van der Waals surface area contributed by atoms with E-state index in [2.05, 4.69) is 10.9 Å². The monoisotopic (exact) mass is 277 g/mol. The van der Waals surface area contributed by atoms with Crippen molar-refractivity contribution in [3.05, 3.63) is 0 Å². The summed E-state index contributed by atoms with van der Waals surface area (Å²) in [6.07, 6.45) is -2.29. The summed E-state index contributed by atoms with van der Waals surface area (Å²) in [5.41, 5.74) is -2.74. The van der Waals surface area contributed by atoms with Crippen LogP contribution in [0.5, 0.6) is 0 Å². The normalized spacial score (nSPS) is 8.83. The van der Waals surface area contributed by atoms with Crippen LogP contribution in [0.3, 0.4) is 0 Å². The fourth-order valence-electron chi connectivity index (χ4n) is 0.714. The van der Waals surface area contributed by atoms with Crippen LogP contribution in [0.1, 0.15) is 14.3 Å². The molecule has 18 heavy (non-hydrogen) atoms. The maximum absolute atomic E-state index is 10.3. The minimum atomic E-state index is -2.74. The van der Waals surface area contributed by atoms with E-state index in [4.69, 9.17) is 25.7 Å². The SMILES string of the molecule is NOO.O.O=C(O)CC(O)(CC(=O)O)C(=O)O.[H+].[OH-]. The summed E-state index contributed by atoms with van der Waals surface area (Å²) < 4.78 is 0. The molecule has 0 unspecified atom stereocenters. The Bertz CT molecular complexity index is 254. The largest absolute Gasteiger partial charge is 1.00 e. The van der Waals surface area contributed by atoms with Crippen molar-refractivity contribution in [1.29, 1.82) is 0 Å². The molecular formula is C6H15NO11. The van der Waals surface area contributed by atoms with Crippen molar-refractivity contribution in [1.82, 2.24) is 0 Å². The Morgan fingerprint density at radius 3 is 1.44 bits per heavy atom. The molecule has 0 rings (SSSR count). The number of hydrogen-bond acceptors (Lipinski definition) is 8. The van der Waals surface area contributed by atoms with Gasteiger partial charge in [-0.15, -0.1) is 4.99 Å². The highest BCUT2D eigenvalue weighted by Crippen LogP contribution is 2.15. The van der Waals surface area contributed by atoms with Gasteiger partial charge in [-0.2, -0.15) is 5.90 Å². The third kappa shape index (κ3) is 12.2. The van der Waals surface area contributed by atoms with Gasteiger partial charge < -0.3 is 31.4 Å². The topological polar surface area (TPSA) is 249 Å². The van der Waals surface area contributed by atoms with Gasteiger partial charge in [0.15, 0.2) is 5.60 Å². The summed E-state index contributed by atoms with van der Waals surface area (Å²) in [6, 6.07) is 0. The summed E-state index contributed by atoms with van der Waals surface area (Å²) in [7, 11) is 0. The van der Waals surface area contributed by atoms with E-state index in [9.17, 15) is 14.4 Å². The van der Waals surface area contributed by atoms with Gasteiger partial charge in [0.25, 0.3) is 0 Å². The van der Waals surface area contributed by atoms with Gasteiger partial charge >= 0.3 is 19.3 Å². The third-order valence-electron chi connectivity index (χ3n) is 1.29. The first-order valence-electron chi connectivity index (χ1n) is 3.59. The molecule has 0 aromatic rings. The van der Waals surface area contributed by atoms with Gasteiger partial charge in [0.05, 0.1) is 12.8 Å². The van der Waals surface area contributed by atoms with Gasteiger partial charge in [-0.1, -0.05) is 0 Å². The van der Waals surface area contributed by atoms with Crippen molar-refractivity contribution in [3.63, 3.8) is 0 Å². The van der Waals surface area contributed by atoms with Crippen LogP contribution in [-0.2, 0) is 19.4 Å². The molecule has 0 radical (unpaired) electrons. The number of aliphatic carboxylic acids is 3.